The molecule has 1 aromatic rings. The smallest absolute Gasteiger partial charge is 0.243 e. The molecule has 20 heavy (non-hydrogen) atoms. The first kappa shape index (κ1) is 14.7. The minimum absolute atomic E-state index is 0.216. The average molecular weight is 283 g/mol. The maximum absolute atomic E-state index is 9.09. The number of anilines is 3. The summed E-state index contributed by atoms with van der Waals surface area (Å²) in [6.45, 7) is 1.37. The van der Waals surface area contributed by atoms with E-state index >= 15 is 0 Å². The van der Waals surface area contributed by atoms with Gasteiger partial charge in [0.15, 0.2) is 0 Å². The van der Waals surface area contributed by atoms with Gasteiger partial charge in [-0.2, -0.15) is 15.0 Å². The number of nitrogens with zero attached hydrogens (tertiary/aromatic N) is 4. The van der Waals surface area contributed by atoms with E-state index in [9.17, 15) is 0 Å². The summed E-state index contributed by atoms with van der Waals surface area (Å²) in [6.07, 6.45) is 3.43. The van der Waals surface area contributed by atoms with Crippen LogP contribution in [-0.2, 0) is 0 Å². The van der Waals surface area contributed by atoms with E-state index in [1.807, 2.05) is 0 Å². The van der Waals surface area contributed by atoms with E-state index in [2.05, 4.69) is 30.6 Å². The number of aromatic nitrogens is 3. The van der Waals surface area contributed by atoms with Crippen LogP contribution in [0.25, 0.3) is 0 Å². The zero-order chi connectivity index (χ0) is 14.4. The molecule has 112 valence electrons. The van der Waals surface area contributed by atoms with Gasteiger partial charge < -0.3 is 20.4 Å². The maximum Gasteiger partial charge on any atom is 0.243 e. The molecule has 1 aliphatic heterocycles. The summed E-state index contributed by atoms with van der Waals surface area (Å²) in [5.74, 6) is 6.44. The van der Waals surface area contributed by atoms with Crippen LogP contribution in [0.15, 0.2) is 0 Å². The van der Waals surface area contributed by atoms with E-state index in [4.69, 9.17) is 16.1 Å². The lowest BCUT2D eigenvalue weighted by molar-refractivity contribution is 0.203. The third-order valence-electron chi connectivity index (χ3n) is 3.17. The van der Waals surface area contributed by atoms with Crippen LogP contribution in [0.3, 0.4) is 0 Å². The summed E-state index contributed by atoms with van der Waals surface area (Å²) in [5, 5.41) is 21.0. The Morgan fingerprint density at radius 3 is 2.30 bits per heavy atom. The number of hydrogen-bond donors (Lipinski definition) is 5. The summed E-state index contributed by atoms with van der Waals surface area (Å²) in [4.78, 5) is 14.7. The van der Waals surface area contributed by atoms with Gasteiger partial charge >= 0.3 is 0 Å². The van der Waals surface area contributed by atoms with Crippen LogP contribution in [0.5, 0.6) is 0 Å². The molecule has 1 aromatic heterocycles. The Morgan fingerprint density at radius 1 is 1.05 bits per heavy atom. The van der Waals surface area contributed by atoms with Gasteiger partial charge in [-0.05, 0) is 19.3 Å². The molecule has 6 N–H and O–H groups in total. The highest BCUT2D eigenvalue weighted by Gasteiger charge is 2.17. The molecule has 0 aliphatic carbocycles. The van der Waals surface area contributed by atoms with E-state index < -0.39 is 6.04 Å². The van der Waals surface area contributed by atoms with Crippen LogP contribution >= 0.6 is 0 Å². The lowest BCUT2D eigenvalue weighted by atomic mass is 10.1. The number of aliphatic hydroxyl groups excluding tert-OH is 2. The number of rotatable bonds is 6. The van der Waals surface area contributed by atoms with E-state index in [1.165, 1.54) is 6.42 Å². The second-order valence-corrected chi connectivity index (χ2v) is 4.68. The fraction of sp³-hybridized carbons (Fsp3) is 0.727. The van der Waals surface area contributed by atoms with Gasteiger partial charge in [-0.3, -0.25) is 5.43 Å². The molecule has 2 rings (SSSR count). The second-order valence-electron chi connectivity index (χ2n) is 4.68. The van der Waals surface area contributed by atoms with Crippen LogP contribution in [0, 0.1) is 0 Å². The number of nitrogen functional groups attached to an aromatic ring is 1. The van der Waals surface area contributed by atoms with Gasteiger partial charge in [-0.15, -0.1) is 0 Å². The van der Waals surface area contributed by atoms with Crippen LogP contribution in [-0.4, -0.2) is 57.5 Å². The molecule has 0 saturated carbocycles. The molecular weight excluding hydrogens is 262 g/mol. The van der Waals surface area contributed by atoms with Crippen molar-refractivity contribution >= 4 is 17.8 Å². The van der Waals surface area contributed by atoms with Crippen molar-refractivity contribution in [3.05, 3.63) is 0 Å². The average Bonchev–Trinajstić information content (AvgIpc) is 2.53. The summed E-state index contributed by atoms with van der Waals surface area (Å²) < 4.78 is 0. The Bertz CT molecular complexity index is 421. The van der Waals surface area contributed by atoms with Crippen molar-refractivity contribution in [2.45, 2.75) is 25.3 Å². The monoisotopic (exact) mass is 283 g/mol. The van der Waals surface area contributed by atoms with E-state index in [0.29, 0.717) is 5.95 Å². The highest BCUT2D eigenvalue weighted by Crippen LogP contribution is 2.18. The van der Waals surface area contributed by atoms with Crippen molar-refractivity contribution < 1.29 is 10.2 Å². The van der Waals surface area contributed by atoms with E-state index in [-0.39, 0.29) is 25.1 Å². The van der Waals surface area contributed by atoms with Crippen LogP contribution in [0.2, 0.25) is 0 Å². The first-order valence-electron chi connectivity index (χ1n) is 6.72. The Kier molecular flexibility index (Phi) is 5.27. The third-order valence-corrected chi connectivity index (χ3v) is 3.17. The molecule has 0 atom stereocenters. The third kappa shape index (κ3) is 3.65. The van der Waals surface area contributed by atoms with Crippen LogP contribution < -0.4 is 21.5 Å². The molecule has 0 radical (unpaired) electrons. The zero-order valence-electron chi connectivity index (χ0n) is 11.3. The summed E-state index contributed by atoms with van der Waals surface area (Å²) in [7, 11) is 0. The molecule has 0 aromatic carbocycles. The number of nitrogens with two attached hydrogens (primary N) is 1. The lowest BCUT2D eigenvalue weighted by Gasteiger charge is -2.27. The summed E-state index contributed by atoms with van der Waals surface area (Å²) in [6, 6.07) is -0.516. The quantitative estimate of drug-likeness (QED) is 0.326. The van der Waals surface area contributed by atoms with Gasteiger partial charge in [0, 0.05) is 13.1 Å². The molecular formula is C11H21N7O2. The summed E-state index contributed by atoms with van der Waals surface area (Å²) >= 11 is 0. The number of piperidine rings is 1. The SMILES string of the molecule is NNc1nc(NC(CO)CO)nc(N2CCCCC2)n1. The largest absolute Gasteiger partial charge is 0.394 e. The van der Waals surface area contributed by atoms with Crippen molar-refractivity contribution in [2.24, 2.45) is 5.84 Å². The summed E-state index contributed by atoms with van der Waals surface area (Å²) in [5.41, 5.74) is 2.40. The van der Waals surface area contributed by atoms with Gasteiger partial charge in [0.05, 0.1) is 19.3 Å². The Balaban J connectivity index is 2.18. The van der Waals surface area contributed by atoms with Crippen LogP contribution in [0.1, 0.15) is 19.3 Å². The van der Waals surface area contributed by atoms with Crippen LogP contribution in [0.4, 0.5) is 17.8 Å². The fourth-order valence-electron chi connectivity index (χ4n) is 2.06. The molecule has 9 nitrogen and oxygen atoms in total. The highest BCUT2D eigenvalue weighted by atomic mass is 16.3. The standard InChI is InChI=1S/C11H21N7O2/c12-17-10-14-9(13-8(6-19)7-20)15-11(16-10)18-4-2-1-3-5-18/h8,19-20H,1-7,12H2,(H2,13,14,15,16,17). The van der Waals surface area contributed by atoms with Crippen molar-refractivity contribution in [2.75, 3.05) is 41.9 Å². The van der Waals surface area contributed by atoms with Crippen molar-refractivity contribution in [1.82, 2.24) is 15.0 Å². The van der Waals surface area contributed by atoms with E-state index in [0.717, 1.165) is 25.9 Å². The highest BCUT2D eigenvalue weighted by molar-refractivity contribution is 5.44. The molecule has 0 amide bonds. The van der Waals surface area contributed by atoms with Gasteiger partial charge in [0.25, 0.3) is 0 Å². The van der Waals surface area contributed by atoms with Gasteiger partial charge in [0.2, 0.25) is 17.8 Å². The Morgan fingerprint density at radius 2 is 1.70 bits per heavy atom. The molecule has 0 bridgehead atoms. The molecule has 0 unspecified atom stereocenters. The molecule has 1 aliphatic rings. The zero-order valence-corrected chi connectivity index (χ0v) is 11.3. The first-order valence-corrected chi connectivity index (χ1v) is 6.72. The normalized spacial score (nSPS) is 15.5. The minimum atomic E-state index is -0.516. The molecule has 1 fully saturated rings. The van der Waals surface area contributed by atoms with Gasteiger partial charge in [-0.25, -0.2) is 5.84 Å². The maximum atomic E-state index is 9.09. The van der Waals surface area contributed by atoms with Gasteiger partial charge in [-0.1, -0.05) is 0 Å². The fourth-order valence-corrected chi connectivity index (χ4v) is 2.06. The predicted octanol–water partition coefficient (Wildman–Crippen LogP) is -1.09. The van der Waals surface area contributed by atoms with Gasteiger partial charge in [0.1, 0.15) is 0 Å². The molecule has 9 heteroatoms. The number of aliphatic hydroxyl groups is 2. The van der Waals surface area contributed by atoms with Crippen molar-refractivity contribution in [3.63, 3.8) is 0 Å². The number of hydrogen-bond acceptors (Lipinski definition) is 9. The minimum Gasteiger partial charge on any atom is -0.394 e. The lowest BCUT2D eigenvalue weighted by Crippen LogP contribution is -2.33. The Hall–Kier alpha value is -1.71. The molecule has 0 spiro atoms. The topological polar surface area (TPSA) is 132 Å². The second kappa shape index (κ2) is 7.17. The molecule has 2 heterocycles. The predicted molar refractivity (Wildman–Crippen MR) is 75.3 cm³/mol. The number of nitrogens with one attached hydrogen (secondary N) is 2. The van der Waals surface area contributed by atoms with Crippen molar-refractivity contribution in [3.8, 4) is 0 Å². The first-order chi connectivity index (χ1) is 9.76. The number of hydrazine groups is 1. The van der Waals surface area contributed by atoms with Crippen molar-refractivity contribution in [1.29, 1.82) is 0 Å². The Labute approximate surface area is 117 Å². The van der Waals surface area contributed by atoms with E-state index in [1.54, 1.807) is 0 Å². The molecule has 1 saturated heterocycles.